The summed E-state index contributed by atoms with van der Waals surface area (Å²) in [5, 5.41) is 11.2. The molecule has 0 aliphatic carbocycles. The monoisotopic (exact) mass is 276 g/mol. The Labute approximate surface area is 112 Å². The van der Waals surface area contributed by atoms with Crippen molar-refractivity contribution in [2.24, 2.45) is 0 Å². The van der Waals surface area contributed by atoms with E-state index in [9.17, 15) is 9.59 Å². The molecule has 0 unspecified atom stereocenters. The number of ether oxygens (including phenoxy) is 1. The number of hydrogen-bond donors (Lipinski definition) is 3. The molecule has 6 nitrogen and oxygen atoms in total. The summed E-state index contributed by atoms with van der Waals surface area (Å²) in [5.74, 6) is -1.18. The molecule has 1 amide bonds. The van der Waals surface area contributed by atoms with Crippen LogP contribution in [-0.4, -0.2) is 66.5 Å². The molecule has 0 radical (unpaired) electrons. The van der Waals surface area contributed by atoms with Crippen LogP contribution in [0, 0.1) is 0 Å². The molecule has 0 spiro atoms. The zero-order chi connectivity index (χ0) is 13.4. The second-order valence-electron chi connectivity index (χ2n) is 4.20. The van der Waals surface area contributed by atoms with Gasteiger partial charge in [-0.05, 0) is 13.0 Å². The summed E-state index contributed by atoms with van der Waals surface area (Å²) in [5.41, 5.74) is 0. The van der Waals surface area contributed by atoms with E-state index in [2.05, 4.69) is 22.8 Å². The maximum Gasteiger partial charge on any atom is 0.327 e. The number of aliphatic carboxylic acids is 1. The minimum absolute atomic E-state index is 0.102. The summed E-state index contributed by atoms with van der Waals surface area (Å²) >= 11 is 3.89. The molecule has 0 aromatic heterocycles. The van der Waals surface area contributed by atoms with Gasteiger partial charge in [-0.3, -0.25) is 9.69 Å². The predicted octanol–water partition coefficient (Wildman–Crippen LogP) is -0.402. The first-order chi connectivity index (χ1) is 8.63. The van der Waals surface area contributed by atoms with Crippen LogP contribution in [0.1, 0.15) is 12.8 Å². The summed E-state index contributed by atoms with van der Waals surface area (Å²) in [6.07, 6.45) is 1.07. The van der Waals surface area contributed by atoms with Gasteiger partial charge in [-0.1, -0.05) is 0 Å². The van der Waals surface area contributed by atoms with Gasteiger partial charge in [0.15, 0.2) is 0 Å². The molecule has 1 rings (SSSR count). The highest BCUT2D eigenvalue weighted by Gasteiger charge is 2.18. The van der Waals surface area contributed by atoms with E-state index in [0.29, 0.717) is 6.42 Å². The van der Waals surface area contributed by atoms with Gasteiger partial charge in [0.2, 0.25) is 5.91 Å². The van der Waals surface area contributed by atoms with Crippen LogP contribution in [0.2, 0.25) is 0 Å². The average Bonchev–Trinajstić information content (AvgIpc) is 2.37. The summed E-state index contributed by atoms with van der Waals surface area (Å²) in [7, 11) is 0. The van der Waals surface area contributed by atoms with Crippen LogP contribution in [0.4, 0.5) is 0 Å². The minimum Gasteiger partial charge on any atom is -0.480 e. The van der Waals surface area contributed by atoms with E-state index in [1.807, 2.05) is 0 Å². The van der Waals surface area contributed by atoms with Crippen LogP contribution in [0.3, 0.4) is 0 Å². The molecular formula is C11H20N2O4S. The molecule has 2 N–H and O–H groups in total. The molecule has 18 heavy (non-hydrogen) atoms. The third-order valence-corrected chi connectivity index (χ3v) is 3.16. The lowest BCUT2D eigenvalue weighted by molar-refractivity contribution is -0.141. The first-order valence-corrected chi connectivity index (χ1v) is 6.70. The molecule has 104 valence electrons. The molecule has 0 aromatic rings. The van der Waals surface area contributed by atoms with Gasteiger partial charge in [0.1, 0.15) is 6.04 Å². The molecule has 1 fully saturated rings. The van der Waals surface area contributed by atoms with Crippen molar-refractivity contribution in [3.8, 4) is 0 Å². The second-order valence-corrected chi connectivity index (χ2v) is 4.56. The third kappa shape index (κ3) is 5.70. The van der Waals surface area contributed by atoms with Crippen LogP contribution in [0.5, 0.6) is 0 Å². The Bertz CT molecular complexity index is 282. The fraction of sp³-hybridized carbons (Fsp3) is 0.818. The maximum atomic E-state index is 11.5. The van der Waals surface area contributed by atoms with Crippen molar-refractivity contribution in [1.29, 1.82) is 0 Å². The number of carbonyl (C=O) groups is 2. The van der Waals surface area contributed by atoms with Crippen LogP contribution in [-0.2, 0) is 14.3 Å². The minimum atomic E-state index is -1.05. The number of thiol groups is 1. The Hall–Kier alpha value is -0.790. The smallest absolute Gasteiger partial charge is 0.327 e. The molecule has 1 heterocycles. The van der Waals surface area contributed by atoms with Crippen molar-refractivity contribution in [1.82, 2.24) is 10.2 Å². The zero-order valence-electron chi connectivity index (χ0n) is 10.3. The van der Waals surface area contributed by atoms with Crippen LogP contribution in [0.15, 0.2) is 0 Å². The lowest BCUT2D eigenvalue weighted by atomic mass is 10.2. The maximum absolute atomic E-state index is 11.5. The van der Waals surface area contributed by atoms with E-state index in [0.717, 1.165) is 39.3 Å². The standard InChI is InChI=1S/C11H20N2O4S/c14-10(12-9(8-18)11(15)16)2-1-3-13-4-6-17-7-5-13/h9,18H,1-8H2,(H,12,14)(H,15,16)/t9-/m0/s1. The van der Waals surface area contributed by atoms with Gasteiger partial charge in [0.05, 0.1) is 13.2 Å². The highest BCUT2D eigenvalue weighted by Crippen LogP contribution is 2.00. The Morgan fingerprint density at radius 3 is 2.61 bits per heavy atom. The van der Waals surface area contributed by atoms with E-state index in [1.54, 1.807) is 0 Å². The molecule has 0 aromatic carbocycles. The Morgan fingerprint density at radius 1 is 1.39 bits per heavy atom. The molecule has 7 heteroatoms. The van der Waals surface area contributed by atoms with E-state index in [4.69, 9.17) is 9.84 Å². The van der Waals surface area contributed by atoms with E-state index < -0.39 is 12.0 Å². The van der Waals surface area contributed by atoms with Gasteiger partial charge in [-0.25, -0.2) is 4.79 Å². The van der Waals surface area contributed by atoms with E-state index in [-0.39, 0.29) is 11.7 Å². The molecule has 1 aliphatic heterocycles. The number of carboxylic acid groups (broad SMARTS) is 1. The van der Waals surface area contributed by atoms with E-state index >= 15 is 0 Å². The zero-order valence-corrected chi connectivity index (χ0v) is 11.2. The topological polar surface area (TPSA) is 78.9 Å². The number of carbonyl (C=O) groups excluding carboxylic acids is 1. The fourth-order valence-corrected chi connectivity index (χ4v) is 1.99. The van der Waals surface area contributed by atoms with Gasteiger partial charge in [0, 0.05) is 25.3 Å². The molecule has 1 aliphatic rings. The quantitative estimate of drug-likeness (QED) is 0.551. The van der Waals surface area contributed by atoms with Crippen molar-refractivity contribution in [2.45, 2.75) is 18.9 Å². The van der Waals surface area contributed by atoms with Crippen molar-refractivity contribution in [3.63, 3.8) is 0 Å². The molecule has 1 saturated heterocycles. The number of amides is 1. The summed E-state index contributed by atoms with van der Waals surface area (Å²) in [6, 6.07) is -0.899. The van der Waals surface area contributed by atoms with Gasteiger partial charge in [0.25, 0.3) is 0 Å². The molecular weight excluding hydrogens is 256 g/mol. The number of morpholine rings is 1. The largest absolute Gasteiger partial charge is 0.480 e. The lowest BCUT2D eigenvalue weighted by Gasteiger charge is -2.26. The Kier molecular flexibility index (Phi) is 7.07. The van der Waals surface area contributed by atoms with Gasteiger partial charge < -0.3 is 15.2 Å². The molecule has 1 atom stereocenters. The van der Waals surface area contributed by atoms with E-state index in [1.165, 1.54) is 0 Å². The average molecular weight is 276 g/mol. The van der Waals surface area contributed by atoms with Gasteiger partial charge >= 0.3 is 5.97 Å². The van der Waals surface area contributed by atoms with Gasteiger partial charge in [-0.15, -0.1) is 0 Å². The number of carboxylic acids is 1. The van der Waals surface area contributed by atoms with Crippen molar-refractivity contribution < 1.29 is 19.4 Å². The van der Waals surface area contributed by atoms with Crippen molar-refractivity contribution in [2.75, 3.05) is 38.6 Å². The number of nitrogens with zero attached hydrogens (tertiary/aromatic N) is 1. The second kappa shape index (κ2) is 8.34. The molecule has 0 saturated carbocycles. The van der Waals surface area contributed by atoms with Crippen LogP contribution < -0.4 is 5.32 Å². The lowest BCUT2D eigenvalue weighted by Crippen LogP contribution is -2.42. The fourth-order valence-electron chi connectivity index (χ4n) is 1.74. The number of nitrogens with one attached hydrogen (secondary N) is 1. The predicted molar refractivity (Wildman–Crippen MR) is 69.9 cm³/mol. The van der Waals surface area contributed by atoms with Crippen molar-refractivity contribution >= 4 is 24.5 Å². The summed E-state index contributed by atoms with van der Waals surface area (Å²) in [4.78, 5) is 24.4. The summed E-state index contributed by atoms with van der Waals surface area (Å²) in [6.45, 7) is 4.13. The normalized spacial score (nSPS) is 18.3. The third-order valence-electron chi connectivity index (χ3n) is 2.80. The van der Waals surface area contributed by atoms with Gasteiger partial charge in [-0.2, -0.15) is 12.6 Å². The number of rotatable bonds is 7. The molecule has 0 bridgehead atoms. The Balaban J connectivity index is 2.14. The highest BCUT2D eigenvalue weighted by atomic mass is 32.1. The Morgan fingerprint density at radius 2 is 2.06 bits per heavy atom. The first-order valence-electron chi connectivity index (χ1n) is 6.06. The number of hydrogen-bond acceptors (Lipinski definition) is 5. The summed E-state index contributed by atoms with van der Waals surface area (Å²) < 4.78 is 5.23. The first kappa shape index (κ1) is 15.3. The van der Waals surface area contributed by atoms with Crippen LogP contribution in [0.25, 0.3) is 0 Å². The van der Waals surface area contributed by atoms with Crippen molar-refractivity contribution in [3.05, 3.63) is 0 Å². The highest BCUT2D eigenvalue weighted by molar-refractivity contribution is 7.80. The SMILES string of the molecule is O=C(CCCN1CCOCC1)N[C@@H](CS)C(=O)O. The van der Waals surface area contributed by atoms with Crippen LogP contribution >= 0.6 is 12.6 Å².